The van der Waals surface area contributed by atoms with Crippen LogP contribution in [0.3, 0.4) is 0 Å². The van der Waals surface area contributed by atoms with Gasteiger partial charge < -0.3 is 9.47 Å². The molecule has 0 aliphatic carbocycles. The number of benzene rings is 1. The normalized spacial score (nSPS) is 10.9. The second-order valence-electron chi connectivity index (χ2n) is 3.18. The molecule has 0 aliphatic heterocycles. The molecule has 0 spiro atoms. The van der Waals surface area contributed by atoms with Gasteiger partial charge in [0.25, 0.3) is 0 Å². The van der Waals surface area contributed by atoms with Crippen molar-refractivity contribution in [2.75, 3.05) is 6.61 Å². The highest BCUT2D eigenvalue weighted by Gasteiger charge is 2.31. The van der Waals surface area contributed by atoms with E-state index in [1.54, 1.807) is 6.92 Å². The first kappa shape index (κ1) is 14.0. The van der Waals surface area contributed by atoms with Crippen molar-refractivity contribution in [2.45, 2.75) is 13.3 Å². The monoisotopic (exact) mass is 262 g/mol. The minimum Gasteiger partial charge on any atom is -0.462 e. The van der Waals surface area contributed by atoms with Crippen LogP contribution >= 0.6 is 0 Å². The van der Waals surface area contributed by atoms with Crippen LogP contribution in [0.25, 0.3) is 0 Å². The zero-order valence-corrected chi connectivity index (χ0v) is 9.28. The fourth-order valence-electron chi connectivity index (χ4n) is 1.21. The minimum absolute atomic E-state index is 0.0691. The van der Waals surface area contributed by atoms with Crippen LogP contribution in [0, 0.1) is 0 Å². The zero-order chi connectivity index (χ0) is 13.8. The summed E-state index contributed by atoms with van der Waals surface area (Å²) in [5.41, 5.74) is -0.291. The molecular weight excluding hydrogens is 253 g/mol. The molecule has 0 atom stereocenters. The third-order valence-corrected chi connectivity index (χ3v) is 1.81. The molecule has 0 unspecified atom stereocenters. The summed E-state index contributed by atoms with van der Waals surface area (Å²) >= 11 is 0. The average molecular weight is 262 g/mol. The number of esters is 1. The van der Waals surface area contributed by atoms with E-state index in [1.165, 1.54) is 0 Å². The lowest BCUT2D eigenvalue weighted by Gasteiger charge is -2.10. The van der Waals surface area contributed by atoms with E-state index in [-0.39, 0.29) is 17.7 Å². The Morgan fingerprint density at radius 2 is 2.00 bits per heavy atom. The van der Waals surface area contributed by atoms with Crippen molar-refractivity contribution in [2.24, 2.45) is 0 Å². The second-order valence-corrected chi connectivity index (χ2v) is 3.18. The van der Waals surface area contributed by atoms with Crippen LogP contribution in [-0.2, 0) is 4.74 Å². The third-order valence-electron chi connectivity index (χ3n) is 1.81. The van der Waals surface area contributed by atoms with Crippen molar-refractivity contribution in [3.63, 3.8) is 0 Å². The van der Waals surface area contributed by atoms with E-state index in [9.17, 15) is 22.8 Å². The fourth-order valence-corrected chi connectivity index (χ4v) is 1.21. The summed E-state index contributed by atoms with van der Waals surface area (Å²) in [6.45, 7) is 1.62. The molecule has 0 fully saturated rings. The molecule has 0 radical (unpaired) electrons. The van der Waals surface area contributed by atoms with Gasteiger partial charge in [0.15, 0.2) is 0 Å². The van der Waals surface area contributed by atoms with E-state index in [1.807, 2.05) is 0 Å². The lowest BCUT2D eigenvalue weighted by molar-refractivity contribution is -0.274. The molecule has 7 heteroatoms. The van der Waals surface area contributed by atoms with Crippen molar-refractivity contribution in [1.29, 1.82) is 0 Å². The summed E-state index contributed by atoms with van der Waals surface area (Å²) in [5.74, 6) is -1.47. The van der Waals surface area contributed by atoms with Crippen LogP contribution < -0.4 is 4.74 Å². The molecule has 0 saturated heterocycles. The molecule has 98 valence electrons. The second kappa shape index (κ2) is 5.52. The molecule has 1 aromatic carbocycles. The number of halogens is 3. The Bertz CT molecular complexity index is 454. The molecule has 18 heavy (non-hydrogen) atoms. The van der Waals surface area contributed by atoms with E-state index in [0.29, 0.717) is 6.29 Å². The largest absolute Gasteiger partial charge is 0.573 e. The molecular formula is C11H9F3O4. The van der Waals surface area contributed by atoms with Crippen LogP contribution in [0.5, 0.6) is 5.75 Å². The molecule has 1 aromatic rings. The first-order valence-electron chi connectivity index (χ1n) is 4.89. The van der Waals surface area contributed by atoms with Crippen LogP contribution in [0.1, 0.15) is 27.6 Å². The van der Waals surface area contributed by atoms with Crippen LogP contribution in [0.4, 0.5) is 13.2 Å². The third kappa shape index (κ3) is 4.08. The van der Waals surface area contributed by atoms with Crippen molar-refractivity contribution < 1.29 is 32.2 Å². The van der Waals surface area contributed by atoms with Gasteiger partial charge in [-0.15, -0.1) is 13.2 Å². The predicted octanol–water partition coefficient (Wildman–Crippen LogP) is 2.57. The maximum atomic E-state index is 12.0. The van der Waals surface area contributed by atoms with Gasteiger partial charge in [-0.3, -0.25) is 4.79 Å². The fraction of sp³-hybridized carbons (Fsp3) is 0.273. The Kier molecular flexibility index (Phi) is 4.30. The number of carbonyl (C=O) groups is 2. The van der Waals surface area contributed by atoms with E-state index < -0.39 is 18.1 Å². The van der Waals surface area contributed by atoms with E-state index in [0.717, 1.165) is 18.2 Å². The quantitative estimate of drug-likeness (QED) is 0.618. The van der Waals surface area contributed by atoms with Gasteiger partial charge in [-0.1, -0.05) is 0 Å². The van der Waals surface area contributed by atoms with Crippen molar-refractivity contribution in [1.82, 2.24) is 0 Å². The molecule has 0 bridgehead atoms. The Hall–Kier alpha value is -2.05. The van der Waals surface area contributed by atoms with Gasteiger partial charge in [-0.05, 0) is 25.1 Å². The van der Waals surface area contributed by atoms with Gasteiger partial charge in [-0.2, -0.15) is 0 Å². The lowest BCUT2D eigenvalue weighted by Crippen LogP contribution is -2.17. The SMILES string of the molecule is CCOC(=O)c1cc(C=O)cc(OC(F)(F)F)c1. The highest BCUT2D eigenvalue weighted by atomic mass is 19.4. The number of carbonyl (C=O) groups excluding carboxylic acids is 2. The summed E-state index contributed by atoms with van der Waals surface area (Å²) in [4.78, 5) is 21.9. The number of hydrogen-bond donors (Lipinski definition) is 0. The maximum Gasteiger partial charge on any atom is 0.573 e. The molecule has 1 rings (SSSR count). The molecule has 0 saturated carbocycles. The van der Waals surface area contributed by atoms with Crippen molar-refractivity contribution >= 4 is 12.3 Å². The smallest absolute Gasteiger partial charge is 0.462 e. The number of aldehydes is 1. The average Bonchev–Trinajstić information content (AvgIpc) is 2.26. The Labute approximate surface area is 100 Å². The van der Waals surface area contributed by atoms with Gasteiger partial charge in [0.1, 0.15) is 12.0 Å². The first-order valence-corrected chi connectivity index (χ1v) is 4.89. The highest BCUT2D eigenvalue weighted by molar-refractivity contribution is 5.92. The Morgan fingerprint density at radius 1 is 1.33 bits per heavy atom. The first-order chi connectivity index (χ1) is 8.35. The minimum atomic E-state index is -4.90. The topological polar surface area (TPSA) is 52.6 Å². The number of alkyl halides is 3. The van der Waals surface area contributed by atoms with Crippen molar-refractivity contribution in [3.8, 4) is 5.75 Å². The van der Waals surface area contributed by atoms with Gasteiger partial charge >= 0.3 is 12.3 Å². The molecule has 0 aliphatic rings. The maximum absolute atomic E-state index is 12.0. The van der Waals surface area contributed by atoms with Gasteiger partial charge in [0.05, 0.1) is 12.2 Å². The number of hydrogen-bond acceptors (Lipinski definition) is 4. The number of ether oxygens (including phenoxy) is 2. The summed E-state index contributed by atoms with van der Waals surface area (Å²) in [7, 11) is 0. The molecule has 4 nitrogen and oxygen atoms in total. The standard InChI is InChI=1S/C11H9F3O4/c1-2-17-10(16)8-3-7(6-15)4-9(5-8)18-11(12,13)14/h3-6H,2H2,1H3. The summed E-state index contributed by atoms with van der Waals surface area (Å²) in [6, 6.07) is 2.86. The van der Waals surface area contributed by atoms with Gasteiger partial charge in [0, 0.05) is 5.56 Å². The lowest BCUT2D eigenvalue weighted by atomic mass is 10.1. The van der Waals surface area contributed by atoms with Gasteiger partial charge in [-0.25, -0.2) is 4.79 Å². The molecule has 0 heterocycles. The summed E-state index contributed by atoms with van der Waals surface area (Å²) < 4.78 is 44.4. The summed E-state index contributed by atoms with van der Waals surface area (Å²) in [5, 5.41) is 0. The Morgan fingerprint density at radius 3 is 2.50 bits per heavy atom. The van der Waals surface area contributed by atoms with E-state index >= 15 is 0 Å². The van der Waals surface area contributed by atoms with E-state index in [4.69, 9.17) is 0 Å². The van der Waals surface area contributed by atoms with Crippen LogP contribution in [0.15, 0.2) is 18.2 Å². The van der Waals surface area contributed by atoms with Crippen molar-refractivity contribution in [3.05, 3.63) is 29.3 Å². The van der Waals surface area contributed by atoms with Crippen LogP contribution in [0.2, 0.25) is 0 Å². The highest BCUT2D eigenvalue weighted by Crippen LogP contribution is 2.25. The van der Waals surface area contributed by atoms with Gasteiger partial charge in [0.2, 0.25) is 0 Å². The zero-order valence-electron chi connectivity index (χ0n) is 9.28. The van der Waals surface area contributed by atoms with E-state index in [2.05, 4.69) is 9.47 Å². The number of rotatable bonds is 4. The van der Waals surface area contributed by atoms with Crippen LogP contribution in [-0.4, -0.2) is 25.2 Å². The Balaban J connectivity index is 3.09. The molecule has 0 amide bonds. The molecule has 0 N–H and O–H groups in total. The molecule has 0 aromatic heterocycles. The summed E-state index contributed by atoms with van der Waals surface area (Å²) in [6.07, 6.45) is -4.58. The predicted molar refractivity (Wildman–Crippen MR) is 54.5 cm³/mol.